The molecule has 102 valence electrons. The van der Waals surface area contributed by atoms with Crippen LogP contribution in [0.5, 0.6) is 0 Å². The van der Waals surface area contributed by atoms with Crippen LogP contribution in [0.15, 0.2) is 34.9 Å². The van der Waals surface area contributed by atoms with Crippen LogP contribution in [0.3, 0.4) is 0 Å². The van der Waals surface area contributed by atoms with Crippen LogP contribution < -0.4 is 4.90 Å². The van der Waals surface area contributed by atoms with Crippen LogP contribution in [0.25, 0.3) is 0 Å². The van der Waals surface area contributed by atoms with Gasteiger partial charge in [0.25, 0.3) is 11.6 Å². The molecule has 0 unspecified atom stereocenters. The zero-order valence-corrected chi connectivity index (χ0v) is 10.8. The van der Waals surface area contributed by atoms with Crippen molar-refractivity contribution < 1.29 is 14.1 Å². The Kier molecular flexibility index (Phi) is 2.78. The minimum Gasteiger partial charge on any atom is -0.469 e. The third-order valence-corrected chi connectivity index (χ3v) is 3.51. The molecular weight excluding hydrogens is 260 g/mol. The molecule has 1 aliphatic rings. The van der Waals surface area contributed by atoms with Gasteiger partial charge in [-0.25, -0.2) is 0 Å². The highest BCUT2D eigenvalue weighted by atomic mass is 16.6. The van der Waals surface area contributed by atoms with Crippen LogP contribution in [0, 0.1) is 17.0 Å². The topological polar surface area (TPSA) is 76.6 Å². The Morgan fingerprint density at radius 2 is 2.20 bits per heavy atom. The number of hydrogen-bond donors (Lipinski definition) is 0. The SMILES string of the molecule is Cc1occc1C(=O)N1CCc2ccc([N+](=O)[O-])cc21. The second-order valence-corrected chi connectivity index (χ2v) is 4.67. The summed E-state index contributed by atoms with van der Waals surface area (Å²) in [5, 5.41) is 10.8. The second kappa shape index (κ2) is 4.48. The minimum absolute atomic E-state index is 0.00707. The van der Waals surface area contributed by atoms with Gasteiger partial charge in [-0.05, 0) is 25.0 Å². The van der Waals surface area contributed by atoms with Crippen LogP contribution >= 0.6 is 0 Å². The van der Waals surface area contributed by atoms with E-state index in [1.165, 1.54) is 18.4 Å². The fourth-order valence-electron chi connectivity index (χ4n) is 2.44. The van der Waals surface area contributed by atoms with E-state index in [-0.39, 0.29) is 11.6 Å². The number of anilines is 1. The normalized spacial score (nSPS) is 13.3. The van der Waals surface area contributed by atoms with Gasteiger partial charge in [0.2, 0.25) is 0 Å². The molecule has 3 rings (SSSR count). The van der Waals surface area contributed by atoms with Gasteiger partial charge in [0, 0.05) is 18.7 Å². The molecule has 6 heteroatoms. The zero-order valence-electron chi connectivity index (χ0n) is 10.8. The van der Waals surface area contributed by atoms with Crippen molar-refractivity contribution in [3.8, 4) is 0 Å². The lowest BCUT2D eigenvalue weighted by atomic mass is 10.1. The van der Waals surface area contributed by atoms with Crippen molar-refractivity contribution in [2.24, 2.45) is 0 Å². The molecule has 1 aromatic heterocycles. The van der Waals surface area contributed by atoms with Gasteiger partial charge >= 0.3 is 0 Å². The Hall–Kier alpha value is -2.63. The van der Waals surface area contributed by atoms with E-state index in [1.54, 1.807) is 24.0 Å². The van der Waals surface area contributed by atoms with Crippen LogP contribution in [0.1, 0.15) is 21.7 Å². The van der Waals surface area contributed by atoms with E-state index < -0.39 is 4.92 Å². The van der Waals surface area contributed by atoms with Gasteiger partial charge in [-0.1, -0.05) is 6.07 Å². The Balaban J connectivity index is 2.00. The molecule has 0 fully saturated rings. The van der Waals surface area contributed by atoms with E-state index in [1.807, 2.05) is 0 Å². The lowest BCUT2D eigenvalue weighted by Gasteiger charge is -2.16. The molecule has 1 aromatic carbocycles. The summed E-state index contributed by atoms with van der Waals surface area (Å²) in [5.41, 5.74) is 2.05. The summed E-state index contributed by atoms with van der Waals surface area (Å²) in [6.45, 7) is 2.25. The average molecular weight is 272 g/mol. The van der Waals surface area contributed by atoms with Crippen LogP contribution in [-0.2, 0) is 6.42 Å². The van der Waals surface area contributed by atoms with Gasteiger partial charge in [0.1, 0.15) is 5.76 Å². The van der Waals surface area contributed by atoms with Crippen LogP contribution in [0.2, 0.25) is 0 Å². The van der Waals surface area contributed by atoms with Gasteiger partial charge in [-0.15, -0.1) is 0 Å². The molecule has 0 aliphatic carbocycles. The summed E-state index contributed by atoms with van der Waals surface area (Å²) >= 11 is 0. The van der Waals surface area contributed by atoms with Crippen molar-refractivity contribution in [3.05, 3.63) is 57.5 Å². The molecule has 2 heterocycles. The molecule has 0 atom stereocenters. The van der Waals surface area contributed by atoms with Crippen molar-refractivity contribution in [2.45, 2.75) is 13.3 Å². The number of nitro groups is 1. The first-order chi connectivity index (χ1) is 9.58. The van der Waals surface area contributed by atoms with Crippen molar-refractivity contribution in [3.63, 3.8) is 0 Å². The van der Waals surface area contributed by atoms with Gasteiger partial charge in [-0.2, -0.15) is 0 Å². The van der Waals surface area contributed by atoms with Crippen molar-refractivity contribution in [1.82, 2.24) is 0 Å². The number of carbonyl (C=O) groups is 1. The van der Waals surface area contributed by atoms with Gasteiger partial charge in [0.15, 0.2) is 0 Å². The number of benzene rings is 1. The molecule has 20 heavy (non-hydrogen) atoms. The molecule has 0 saturated carbocycles. The summed E-state index contributed by atoms with van der Waals surface area (Å²) in [5.74, 6) is 0.365. The Labute approximate surface area is 114 Å². The number of nitrogens with zero attached hydrogens (tertiary/aromatic N) is 2. The number of amides is 1. The third-order valence-electron chi connectivity index (χ3n) is 3.51. The number of fused-ring (bicyclic) bond motifs is 1. The number of carbonyl (C=O) groups excluding carboxylic acids is 1. The first-order valence-corrected chi connectivity index (χ1v) is 6.21. The highest BCUT2D eigenvalue weighted by molar-refractivity contribution is 6.08. The van der Waals surface area contributed by atoms with Crippen molar-refractivity contribution in [1.29, 1.82) is 0 Å². The van der Waals surface area contributed by atoms with E-state index >= 15 is 0 Å². The summed E-state index contributed by atoms with van der Waals surface area (Å²) in [4.78, 5) is 24.4. The molecule has 0 radical (unpaired) electrons. The predicted octanol–water partition coefficient (Wildman–Crippen LogP) is 2.70. The average Bonchev–Trinajstić information content (AvgIpc) is 3.03. The monoisotopic (exact) mass is 272 g/mol. The largest absolute Gasteiger partial charge is 0.469 e. The maximum Gasteiger partial charge on any atom is 0.271 e. The summed E-state index contributed by atoms with van der Waals surface area (Å²) in [6, 6.07) is 6.25. The first-order valence-electron chi connectivity index (χ1n) is 6.21. The maximum absolute atomic E-state index is 12.5. The van der Waals surface area contributed by atoms with E-state index in [0.717, 1.165) is 5.56 Å². The Morgan fingerprint density at radius 1 is 1.40 bits per heavy atom. The number of hydrogen-bond acceptors (Lipinski definition) is 4. The highest BCUT2D eigenvalue weighted by Crippen LogP contribution is 2.33. The van der Waals surface area contributed by atoms with E-state index in [9.17, 15) is 14.9 Å². The molecular formula is C14H12N2O4. The lowest BCUT2D eigenvalue weighted by Crippen LogP contribution is -2.29. The summed E-state index contributed by atoms with van der Waals surface area (Å²) in [7, 11) is 0. The summed E-state index contributed by atoms with van der Waals surface area (Å²) < 4.78 is 5.14. The van der Waals surface area contributed by atoms with Crippen molar-refractivity contribution in [2.75, 3.05) is 11.4 Å². The Morgan fingerprint density at radius 3 is 2.85 bits per heavy atom. The number of nitro benzene ring substituents is 1. The van der Waals surface area contributed by atoms with Gasteiger partial charge in [-0.3, -0.25) is 14.9 Å². The van der Waals surface area contributed by atoms with Gasteiger partial charge in [0.05, 0.1) is 22.4 Å². The fourth-order valence-corrected chi connectivity index (χ4v) is 2.44. The predicted molar refractivity (Wildman–Crippen MR) is 71.9 cm³/mol. The van der Waals surface area contributed by atoms with Crippen molar-refractivity contribution >= 4 is 17.3 Å². The van der Waals surface area contributed by atoms with Crippen LogP contribution in [-0.4, -0.2) is 17.4 Å². The molecule has 0 spiro atoms. The molecule has 6 nitrogen and oxygen atoms in total. The molecule has 2 aromatic rings. The zero-order chi connectivity index (χ0) is 14.3. The summed E-state index contributed by atoms with van der Waals surface area (Å²) in [6.07, 6.45) is 2.17. The van der Waals surface area contributed by atoms with E-state index in [2.05, 4.69) is 0 Å². The van der Waals surface area contributed by atoms with E-state index in [4.69, 9.17) is 4.42 Å². The maximum atomic E-state index is 12.5. The quantitative estimate of drug-likeness (QED) is 0.622. The van der Waals surface area contributed by atoms with E-state index in [0.29, 0.717) is 30.0 Å². The molecule has 0 N–H and O–H groups in total. The lowest BCUT2D eigenvalue weighted by molar-refractivity contribution is -0.384. The molecule has 0 bridgehead atoms. The number of non-ortho nitro benzene ring substituents is 1. The first kappa shape index (κ1) is 12.4. The smallest absolute Gasteiger partial charge is 0.271 e. The third kappa shape index (κ3) is 1.85. The fraction of sp³-hybridized carbons (Fsp3) is 0.214. The van der Waals surface area contributed by atoms with Crippen LogP contribution in [0.4, 0.5) is 11.4 Å². The standard InChI is InChI=1S/C14H12N2O4/c1-9-12(5-7-20-9)14(17)15-6-4-10-2-3-11(16(18)19)8-13(10)15/h2-3,5,7-8H,4,6H2,1H3. The molecule has 1 aliphatic heterocycles. The number of rotatable bonds is 2. The molecule has 1 amide bonds. The van der Waals surface area contributed by atoms with Gasteiger partial charge < -0.3 is 9.32 Å². The number of furan rings is 1. The minimum atomic E-state index is -0.454. The number of aryl methyl sites for hydroxylation is 1. The highest BCUT2D eigenvalue weighted by Gasteiger charge is 2.28. The second-order valence-electron chi connectivity index (χ2n) is 4.67. The molecule has 0 saturated heterocycles. The Bertz CT molecular complexity index is 705.